The fourth-order valence-corrected chi connectivity index (χ4v) is 0.625. The molecule has 0 unspecified atom stereocenters. The van der Waals surface area contributed by atoms with E-state index in [1.807, 2.05) is 0 Å². The molecule has 0 spiro atoms. The zero-order valence-electron chi connectivity index (χ0n) is 7.05. The predicted octanol–water partition coefficient (Wildman–Crippen LogP) is 2.91. The molecule has 12 heavy (non-hydrogen) atoms. The van der Waals surface area contributed by atoms with Crippen LogP contribution in [0.5, 0.6) is 0 Å². The third-order valence-corrected chi connectivity index (χ3v) is 1.26. The van der Waals surface area contributed by atoms with Crippen molar-refractivity contribution in [3.8, 4) is 0 Å². The molecule has 0 fully saturated rings. The molecular formula is C9H12FNO. The summed E-state index contributed by atoms with van der Waals surface area (Å²) in [5.74, 6) is -0.910. The fraction of sp³-hybridized carbons (Fsp3) is 0.222. The Labute approximate surface area is 71.4 Å². The number of aliphatic imine (C=N–C) groups is 1. The van der Waals surface area contributed by atoms with Gasteiger partial charge in [-0.1, -0.05) is 19.6 Å². The number of aliphatic hydroxyl groups excluding tert-OH is 1. The number of rotatable bonds is 4. The number of hydrogen-bond donors (Lipinski definition) is 1. The van der Waals surface area contributed by atoms with E-state index >= 15 is 0 Å². The van der Waals surface area contributed by atoms with E-state index in [2.05, 4.69) is 18.2 Å². The molecular weight excluding hydrogens is 157 g/mol. The van der Waals surface area contributed by atoms with Gasteiger partial charge in [0.25, 0.3) is 0 Å². The van der Waals surface area contributed by atoms with Gasteiger partial charge in [0.2, 0.25) is 5.88 Å². The summed E-state index contributed by atoms with van der Waals surface area (Å²) in [5.41, 5.74) is 0.458. The van der Waals surface area contributed by atoms with Gasteiger partial charge >= 0.3 is 0 Å². The number of aliphatic hydroxyl groups is 1. The van der Waals surface area contributed by atoms with Crippen molar-refractivity contribution in [1.82, 2.24) is 0 Å². The van der Waals surface area contributed by atoms with Crippen molar-refractivity contribution in [2.24, 2.45) is 4.99 Å². The van der Waals surface area contributed by atoms with E-state index in [0.29, 0.717) is 12.0 Å². The first-order valence-corrected chi connectivity index (χ1v) is 3.54. The zero-order valence-corrected chi connectivity index (χ0v) is 7.05. The monoisotopic (exact) mass is 169 g/mol. The van der Waals surface area contributed by atoms with Crippen LogP contribution in [0.3, 0.4) is 0 Å². The molecule has 0 aliphatic heterocycles. The van der Waals surface area contributed by atoms with Gasteiger partial charge in [-0.25, -0.2) is 9.38 Å². The highest BCUT2D eigenvalue weighted by Gasteiger charge is 1.96. The maximum absolute atomic E-state index is 12.9. The number of hydrogen-bond acceptors (Lipinski definition) is 2. The lowest BCUT2D eigenvalue weighted by Gasteiger charge is -1.95. The maximum atomic E-state index is 12.9. The van der Waals surface area contributed by atoms with Crippen LogP contribution < -0.4 is 0 Å². The van der Waals surface area contributed by atoms with Crippen molar-refractivity contribution in [2.75, 3.05) is 0 Å². The lowest BCUT2D eigenvalue weighted by Crippen LogP contribution is -1.84. The Balaban J connectivity index is 4.53. The quantitative estimate of drug-likeness (QED) is 0.391. The van der Waals surface area contributed by atoms with Crippen LogP contribution in [-0.2, 0) is 0 Å². The largest absolute Gasteiger partial charge is 0.494 e. The van der Waals surface area contributed by atoms with Crippen molar-refractivity contribution in [1.29, 1.82) is 0 Å². The molecule has 0 rings (SSSR count). The first-order valence-electron chi connectivity index (χ1n) is 3.54. The summed E-state index contributed by atoms with van der Waals surface area (Å²) in [4.78, 5) is 3.30. The molecule has 0 radical (unpaired) electrons. The summed E-state index contributed by atoms with van der Waals surface area (Å²) in [5, 5.41) is 8.52. The summed E-state index contributed by atoms with van der Waals surface area (Å²) >= 11 is 0. The molecule has 0 aliphatic carbocycles. The molecule has 66 valence electrons. The molecule has 0 aliphatic rings. The Kier molecular flexibility index (Phi) is 4.69. The van der Waals surface area contributed by atoms with Gasteiger partial charge < -0.3 is 5.11 Å². The molecule has 3 heteroatoms. The maximum Gasteiger partial charge on any atom is 0.203 e. The second kappa shape index (κ2) is 5.29. The Morgan fingerprint density at radius 1 is 1.67 bits per heavy atom. The fourth-order valence-electron chi connectivity index (χ4n) is 0.625. The van der Waals surface area contributed by atoms with Crippen LogP contribution in [0, 0.1) is 0 Å². The minimum Gasteiger partial charge on any atom is -0.494 e. The molecule has 1 N–H and O–H groups in total. The molecule has 0 atom stereocenters. The molecule has 0 aromatic carbocycles. The molecule has 0 amide bonds. The highest BCUT2D eigenvalue weighted by atomic mass is 19.1. The average molecular weight is 169 g/mol. The van der Waals surface area contributed by atoms with Crippen molar-refractivity contribution in [2.45, 2.75) is 13.3 Å². The Morgan fingerprint density at radius 3 is 2.58 bits per heavy atom. The van der Waals surface area contributed by atoms with Gasteiger partial charge in [0.15, 0.2) is 0 Å². The third kappa shape index (κ3) is 3.71. The van der Waals surface area contributed by atoms with Crippen molar-refractivity contribution in [3.63, 3.8) is 0 Å². The van der Waals surface area contributed by atoms with E-state index < -0.39 is 11.7 Å². The molecule has 0 aromatic heterocycles. The van der Waals surface area contributed by atoms with Crippen LogP contribution in [0.1, 0.15) is 13.3 Å². The van der Waals surface area contributed by atoms with E-state index in [-0.39, 0.29) is 0 Å². The summed E-state index contributed by atoms with van der Waals surface area (Å²) in [6.45, 7) is 8.32. The lowest BCUT2D eigenvalue weighted by atomic mass is 10.2. The van der Waals surface area contributed by atoms with E-state index in [1.54, 1.807) is 6.92 Å². The summed E-state index contributed by atoms with van der Waals surface area (Å²) in [6, 6.07) is 0. The Morgan fingerprint density at radius 2 is 2.25 bits per heavy atom. The van der Waals surface area contributed by atoms with Gasteiger partial charge in [0.1, 0.15) is 5.83 Å². The number of halogens is 1. The third-order valence-electron chi connectivity index (χ3n) is 1.26. The second-order valence-corrected chi connectivity index (χ2v) is 2.11. The molecule has 0 saturated carbocycles. The highest BCUT2D eigenvalue weighted by molar-refractivity contribution is 5.78. The van der Waals surface area contributed by atoms with Crippen molar-refractivity contribution < 1.29 is 9.50 Å². The van der Waals surface area contributed by atoms with E-state index in [4.69, 9.17) is 5.11 Å². The van der Waals surface area contributed by atoms with Crippen LogP contribution in [-0.4, -0.2) is 11.3 Å². The smallest absolute Gasteiger partial charge is 0.203 e. The van der Waals surface area contributed by atoms with Gasteiger partial charge in [0.05, 0.1) is 6.21 Å². The van der Waals surface area contributed by atoms with E-state index in [0.717, 1.165) is 6.21 Å². The first kappa shape index (κ1) is 10.6. The van der Waals surface area contributed by atoms with Crippen molar-refractivity contribution >= 4 is 6.21 Å². The second-order valence-electron chi connectivity index (χ2n) is 2.11. The van der Waals surface area contributed by atoms with E-state index in [9.17, 15) is 4.39 Å². The zero-order chi connectivity index (χ0) is 9.56. The van der Waals surface area contributed by atoms with Crippen LogP contribution in [0.4, 0.5) is 4.39 Å². The lowest BCUT2D eigenvalue weighted by molar-refractivity contribution is 0.410. The SMILES string of the molecule is C=C/C(CC)=C(/F)C=NC(=C)O. The Bertz CT molecular complexity index is 241. The van der Waals surface area contributed by atoms with Crippen LogP contribution >= 0.6 is 0 Å². The van der Waals surface area contributed by atoms with Gasteiger partial charge in [-0.15, -0.1) is 0 Å². The van der Waals surface area contributed by atoms with Crippen molar-refractivity contribution in [3.05, 3.63) is 36.5 Å². The molecule has 0 aromatic rings. The van der Waals surface area contributed by atoms with E-state index in [1.165, 1.54) is 6.08 Å². The summed E-state index contributed by atoms with van der Waals surface area (Å²) < 4.78 is 12.9. The van der Waals surface area contributed by atoms with Gasteiger partial charge in [0, 0.05) is 0 Å². The molecule has 0 bridgehead atoms. The minimum absolute atomic E-state index is 0.412. The van der Waals surface area contributed by atoms with Gasteiger partial charge in [-0.05, 0) is 18.6 Å². The minimum atomic E-state index is -0.497. The molecule has 0 saturated heterocycles. The van der Waals surface area contributed by atoms with Crippen LogP contribution in [0.2, 0.25) is 0 Å². The number of allylic oxidation sites excluding steroid dienone is 3. The van der Waals surface area contributed by atoms with Crippen LogP contribution in [0.15, 0.2) is 41.5 Å². The summed E-state index contributed by atoms with van der Waals surface area (Å²) in [7, 11) is 0. The summed E-state index contributed by atoms with van der Waals surface area (Å²) in [6.07, 6.45) is 2.88. The highest BCUT2D eigenvalue weighted by Crippen LogP contribution is 2.09. The van der Waals surface area contributed by atoms with Gasteiger partial charge in [-0.2, -0.15) is 0 Å². The van der Waals surface area contributed by atoms with Crippen LogP contribution in [0.25, 0.3) is 0 Å². The standard InChI is InChI=1S/C9H12FNO/c1-4-8(5-2)9(10)6-11-7(3)12/h4,6,12H,1,3,5H2,2H3/b9-8-,11-6?. The molecule has 0 heterocycles. The average Bonchev–Trinajstić information content (AvgIpc) is 2.03. The predicted molar refractivity (Wildman–Crippen MR) is 48.9 cm³/mol. The normalized spacial score (nSPS) is 12.8. The van der Waals surface area contributed by atoms with Gasteiger partial charge in [-0.3, -0.25) is 0 Å². The Hall–Kier alpha value is -1.38. The topological polar surface area (TPSA) is 32.6 Å². The number of nitrogens with zero attached hydrogens (tertiary/aromatic N) is 1. The molecule has 2 nitrogen and oxygen atoms in total. The first-order chi connectivity index (χ1) is 5.61.